The van der Waals surface area contributed by atoms with Crippen LogP contribution in [0.15, 0.2) is 49.1 Å². The van der Waals surface area contributed by atoms with E-state index in [9.17, 15) is 14.4 Å². The molecule has 0 bridgehead atoms. The molecule has 144 valence electrons. The number of ether oxygens (including phenoxy) is 2. The number of hydrogen-bond acceptors (Lipinski definition) is 10. The van der Waals surface area contributed by atoms with Crippen LogP contribution in [-0.2, 0) is 14.3 Å². The van der Waals surface area contributed by atoms with E-state index >= 15 is 0 Å². The Bertz CT molecular complexity index is 693. The van der Waals surface area contributed by atoms with Crippen molar-refractivity contribution in [2.24, 2.45) is 11.7 Å². The molecule has 0 radical (unpaired) electrons. The Kier molecular flexibility index (Phi) is 11.5. The Morgan fingerprint density at radius 3 is 1.81 bits per heavy atom. The molecule has 0 amide bonds. The summed E-state index contributed by atoms with van der Waals surface area (Å²) in [5, 5.41) is 7.54. The molecule has 11 heteroatoms. The highest BCUT2D eigenvalue weighted by molar-refractivity contribution is 5.99. The minimum absolute atomic E-state index is 0. The van der Waals surface area contributed by atoms with Gasteiger partial charge in [0.25, 0.3) is 0 Å². The number of aromatic nitrogens is 2. The lowest BCUT2D eigenvalue weighted by atomic mass is 10.3. The lowest BCUT2D eigenvalue weighted by molar-refractivity contribution is -0.137. The van der Waals surface area contributed by atoms with Gasteiger partial charge in [-0.1, -0.05) is 0 Å². The fraction of sp³-hybridized carbons (Fsp3) is 0.125. The number of rotatable bonds is 5. The van der Waals surface area contributed by atoms with Crippen LogP contribution in [0, 0.1) is 5.41 Å². The predicted molar refractivity (Wildman–Crippen MR) is 96.9 cm³/mol. The Morgan fingerprint density at radius 2 is 1.37 bits per heavy atom. The zero-order valence-corrected chi connectivity index (χ0v) is 14.8. The molecule has 2 aromatic rings. The Balaban J connectivity index is 0.00000218. The number of carbonyl (C=O) groups excluding carboxylic acids is 3. The van der Waals surface area contributed by atoms with Gasteiger partial charge < -0.3 is 9.47 Å². The first-order valence-electron chi connectivity index (χ1n) is 7.24. The van der Waals surface area contributed by atoms with Crippen molar-refractivity contribution in [3.05, 3.63) is 60.2 Å². The van der Waals surface area contributed by atoms with Gasteiger partial charge in [0.2, 0.25) is 0 Å². The van der Waals surface area contributed by atoms with Gasteiger partial charge in [-0.15, -0.1) is 12.4 Å². The largest absolute Gasteiger partial charge is 0.409 e. The molecule has 2 rings (SSSR count). The Morgan fingerprint density at radius 1 is 0.889 bits per heavy atom. The highest BCUT2D eigenvalue weighted by atomic mass is 35.5. The molecule has 0 saturated heterocycles. The maximum Gasteiger partial charge on any atom is 0.347 e. The van der Waals surface area contributed by atoms with E-state index in [1.807, 2.05) is 0 Å². The summed E-state index contributed by atoms with van der Waals surface area (Å²) in [6, 6.07) is 6.04. The molecule has 0 fully saturated rings. The van der Waals surface area contributed by atoms with Crippen LogP contribution in [0.4, 0.5) is 0 Å². The van der Waals surface area contributed by atoms with Crippen molar-refractivity contribution >= 4 is 36.2 Å². The minimum atomic E-state index is -0.828. The van der Waals surface area contributed by atoms with Gasteiger partial charge >= 0.3 is 17.9 Å². The van der Waals surface area contributed by atoms with E-state index in [0.29, 0.717) is 0 Å². The van der Waals surface area contributed by atoms with Gasteiger partial charge in [0.1, 0.15) is 0 Å². The fourth-order valence-corrected chi connectivity index (χ4v) is 1.62. The Hall–Kier alpha value is -3.21. The van der Waals surface area contributed by atoms with Crippen molar-refractivity contribution in [3.63, 3.8) is 0 Å². The summed E-state index contributed by atoms with van der Waals surface area (Å²) in [7, 11) is 0. The van der Waals surface area contributed by atoms with Crippen molar-refractivity contribution in [2.45, 2.75) is 12.8 Å². The number of nitrogens with zero attached hydrogens (tertiary/aromatic N) is 2. The molecule has 5 N–H and O–H groups in total. The second-order valence-corrected chi connectivity index (χ2v) is 4.56. The quantitative estimate of drug-likeness (QED) is 0.167. The van der Waals surface area contributed by atoms with Gasteiger partial charge in [0.05, 0.1) is 17.5 Å². The van der Waals surface area contributed by atoms with E-state index in [2.05, 4.69) is 26.4 Å². The third-order valence-corrected chi connectivity index (χ3v) is 2.77. The molecule has 0 spiro atoms. The second kappa shape index (κ2) is 13.1. The van der Waals surface area contributed by atoms with Gasteiger partial charge in [-0.2, -0.15) is 0 Å². The zero-order chi connectivity index (χ0) is 19.4. The molecule has 0 aliphatic rings. The summed E-state index contributed by atoms with van der Waals surface area (Å²) in [5.41, 5.74) is 0.334. The van der Waals surface area contributed by atoms with E-state index in [1.165, 1.54) is 43.0 Å². The minimum Gasteiger partial charge on any atom is -0.409 e. The van der Waals surface area contributed by atoms with Crippen LogP contribution in [0.2, 0.25) is 0 Å². The molecule has 10 nitrogen and oxygen atoms in total. The topological polar surface area (TPSA) is 171 Å². The first kappa shape index (κ1) is 23.8. The molecule has 0 saturated carbocycles. The molecule has 2 aromatic heterocycles. The molecule has 0 aliphatic carbocycles. The summed E-state index contributed by atoms with van der Waals surface area (Å²) in [4.78, 5) is 42.4. The summed E-state index contributed by atoms with van der Waals surface area (Å²) in [5.74, 6) is 5.19. The highest BCUT2D eigenvalue weighted by Crippen LogP contribution is 2.05. The molecule has 0 unspecified atom stereocenters. The number of hydrogen-bond donors (Lipinski definition) is 3. The van der Waals surface area contributed by atoms with Crippen LogP contribution in [0.5, 0.6) is 0 Å². The second-order valence-electron chi connectivity index (χ2n) is 4.56. The third kappa shape index (κ3) is 8.63. The van der Waals surface area contributed by atoms with Crippen LogP contribution in [-0.4, -0.2) is 33.8 Å². The van der Waals surface area contributed by atoms with Crippen LogP contribution in [0.25, 0.3) is 0 Å². The van der Waals surface area contributed by atoms with Crippen molar-refractivity contribution in [3.8, 4) is 0 Å². The highest BCUT2D eigenvalue weighted by Gasteiger charge is 2.16. The van der Waals surface area contributed by atoms with Crippen molar-refractivity contribution < 1.29 is 23.9 Å². The number of esters is 3. The number of nitrogens with one attached hydrogen (secondary N) is 1. The number of nitrogens with two attached hydrogens (primary N) is 2. The van der Waals surface area contributed by atoms with Crippen LogP contribution < -0.4 is 11.7 Å². The molecule has 0 aliphatic heterocycles. The van der Waals surface area contributed by atoms with E-state index < -0.39 is 23.8 Å². The molecule has 0 aromatic carbocycles. The zero-order valence-electron chi connectivity index (χ0n) is 14.0. The number of carbonyl (C=O) groups is 3. The summed E-state index contributed by atoms with van der Waals surface area (Å²) >= 11 is 0. The van der Waals surface area contributed by atoms with E-state index in [0.717, 1.165) is 0 Å². The molecular weight excluding hydrogens is 378 g/mol. The standard InChI is InChI=1S/C16H13N3O5.ClH.H4N2/c17-13(23-15(21)11-3-1-7-18-9-11)5-6-14(20)24-16(22)12-4-2-8-19-10-12;;1-2/h1-4,7-10,17H,5-6H2;1H;1-2H2. The molecule has 0 atom stereocenters. The maximum absolute atomic E-state index is 11.7. The van der Waals surface area contributed by atoms with Crippen molar-refractivity contribution in [2.75, 3.05) is 0 Å². The molecule has 27 heavy (non-hydrogen) atoms. The smallest absolute Gasteiger partial charge is 0.347 e. The summed E-state index contributed by atoms with van der Waals surface area (Å²) < 4.78 is 9.39. The Labute approximate surface area is 160 Å². The van der Waals surface area contributed by atoms with Crippen molar-refractivity contribution in [1.82, 2.24) is 9.97 Å². The van der Waals surface area contributed by atoms with E-state index in [-0.39, 0.29) is 36.4 Å². The monoisotopic (exact) mass is 395 g/mol. The summed E-state index contributed by atoms with van der Waals surface area (Å²) in [6.07, 6.45) is 5.11. The average molecular weight is 396 g/mol. The number of pyridine rings is 2. The van der Waals surface area contributed by atoms with Gasteiger partial charge in [-0.25, -0.2) is 9.59 Å². The first-order valence-corrected chi connectivity index (χ1v) is 7.24. The van der Waals surface area contributed by atoms with E-state index in [4.69, 9.17) is 10.1 Å². The van der Waals surface area contributed by atoms with Gasteiger partial charge in [0, 0.05) is 31.2 Å². The number of halogens is 1. The van der Waals surface area contributed by atoms with Gasteiger partial charge in [-0.3, -0.25) is 31.9 Å². The summed E-state index contributed by atoms with van der Waals surface area (Å²) in [6.45, 7) is 0. The predicted octanol–water partition coefficient (Wildman–Crippen LogP) is 1.02. The lowest BCUT2D eigenvalue weighted by Crippen LogP contribution is -2.16. The maximum atomic E-state index is 11.7. The lowest BCUT2D eigenvalue weighted by Gasteiger charge is -2.05. The number of hydrazine groups is 1. The van der Waals surface area contributed by atoms with Gasteiger partial charge in [-0.05, 0) is 24.3 Å². The van der Waals surface area contributed by atoms with Gasteiger partial charge in [0.15, 0.2) is 5.90 Å². The van der Waals surface area contributed by atoms with Crippen molar-refractivity contribution in [1.29, 1.82) is 5.41 Å². The van der Waals surface area contributed by atoms with Crippen LogP contribution in [0.3, 0.4) is 0 Å². The molecule has 2 heterocycles. The first-order chi connectivity index (χ1) is 12.6. The normalized spacial score (nSPS) is 8.96. The van der Waals surface area contributed by atoms with Crippen LogP contribution >= 0.6 is 12.4 Å². The van der Waals surface area contributed by atoms with E-state index in [1.54, 1.807) is 6.07 Å². The average Bonchev–Trinajstić information content (AvgIpc) is 2.69. The molecular formula is C16H18ClN5O5. The van der Waals surface area contributed by atoms with Crippen LogP contribution in [0.1, 0.15) is 33.6 Å². The third-order valence-electron chi connectivity index (χ3n) is 2.77. The fourth-order valence-electron chi connectivity index (χ4n) is 1.62. The SMILES string of the molecule is Cl.N=C(CCC(=O)OC(=O)c1cccnc1)OC(=O)c1cccnc1.NN.